The molecule has 2 aliphatic rings. The van der Waals surface area contributed by atoms with Gasteiger partial charge in [-0.25, -0.2) is 0 Å². The van der Waals surface area contributed by atoms with Gasteiger partial charge in [0.25, 0.3) is 0 Å². The molecule has 2 N–H and O–H groups in total. The van der Waals surface area contributed by atoms with Gasteiger partial charge >= 0.3 is 5.97 Å². The molecule has 0 aromatic heterocycles. The van der Waals surface area contributed by atoms with Gasteiger partial charge in [0.05, 0.1) is 11.8 Å². The summed E-state index contributed by atoms with van der Waals surface area (Å²) in [6.07, 6.45) is 5.61. The van der Waals surface area contributed by atoms with E-state index in [1.54, 1.807) is 0 Å². The van der Waals surface area contributed by atoms with Crippen molar-refractivity contribution in [3.63, 3.8) is 0 Å². The number of hydrogen-bond acceptors (Lipinski definition) is 3. The van der Waals surface area contributed by atoms with Crippen molar-refractivity contribution in [3.05, 3.63) is 0 Å². The molecule has 1 saturated heterocycles. The average Bonchev–Trinajstić information content (AvgIpc) is 2.46. The Morgan fingerprint density at radius 1 is 1.05 bits per heavy atom. The Labute approximate surface area is 118 Å². The second-order valence-electron chi connectivity index (χ2n) is 5.64. The molecular formula is C14H23NO3S. The molecule has 1 saturated carbocycles. The van der Waals surface area contributed by atoms with E-state index in [2.05, 4.69) is 5.32 Å². The molecule has 0 aromatic carbocycles. The molecule has 1 heterocycles. The third-order valence-corrected chi connectivity index (χ3v) is 5.37. The van der Waals surface area contributed by atoms with E-state index in [0.29, 0.717) is 12.3 Å². The van der Waals surface area contributed by atoms with Gasteiger partial charge in [0.1, 0.15) is 0 Å². The molecule has 2 unspecified atom stereocenters. The number of aliphatic carboxylic acids is 1. The molecule has 1 aliphatic heterocycles. The van der Waals surface area contributed by atoms with Crippen molar-refractivity contribution in [3.8, 4) is 0 Å². The van der Waals surface area contributed by atoms with Gasteiger partial charge in [-0.2, -0.15) is 11.8 Å². The van der Waals surface area contributed by atoms with Crippen LogP contribution in [0.1, 0.15) is 38.5 Å². The maximum absolute atomic E-state index is 12.2. The number of carbonyl (C=O) groups excluding carboxylic acids is 1. The first-order valence-corrected chi connectivity index (χ1v) is 8.42. The summed E-state index contributed by atoms with van der Waals surface area (Å²) in [5.74, 6) is 1.31. The fraction of sp³-hybridized carbons (Fsp3) is 0.857. The van der Waals surface area contributed by atoms with E-state index in [1.165, 1.54) is 11.5 Å². The lowest BCUT2D eigenvalue weighted by Gasteiger charge is -2.28. The number of carbonyl (C=O) groups is 2. The SMILES string of the molecule is O=C(O)C1CCCCC1C(=O)NCC1CCSCC1. The molecule has 19 heavy (non-hydrogen) atoms. The minimum atomic E-state index is -0.811. The van der Waals surface area contributed by atoms with Crippen LogP contribution >= 0.6 is 11.8 Å². The van der Waals surface area contributed by atoms with Crippen LogP contribution in [-0.2, 0) is 9.59 Å². The van der Waals surface area contributed by atoms with E-state index < -0.39 is 11.9 Å². The molecule has 1 amide bonds. The van der Waals surface area contributed by atoms with E-state index in [4.69, 9.17) is 0 Å². The summed E-state index contributed by atoms with van der Waals surface area (Å²) in [5.41, 5.74) is 0. The number of nitrogens with one attached hydrogen (secondary N) is 1. The zero-order valence-corrected chi connectivity index (χ0v) is 12.1. The van der Waals surface area contributed by atoms with Gasteiger partial charge in [0.2, 0.25) is 5.91 Å². The van der Waals surface area contributed by atoms with Crippen LogP contribution in [0.4, 0.5) is 0 Å². The van der Waals surface area contributed by atoms with Crippen LogP contribution in [0.15, 0.2) is 0 Å². The van der Waals surface area contributed by atoms with Crippen molar-refractivity contribution >= 4 is 23.6 Å². The van der Waals surface area contributed by atoms with E-state index in [0.717, 1.165) is 38.6 Å². The fourth-order valence-corrected chi connectivity index (χ4v) is 4.27. The average molecular weight is 285 g/mol. The van der Waals surface area contributed by atoms with E-state index in [1.807, 2.05) is 11.8 Å². The molecule has 2 atom stereocenters. The lowest BCUT2D eigenvalue weighted by atomic mass is 9.78. The van der Waals surface area contributed by atoms with Crippen LogP contribution < -0.4 is 5.32 Å². The zero-order valence-electron chi connectivity index (χ0n) is 11.3. The van der Waals surface area contributed by atoms with E-state index in [9.17, 15) is 14.7 Å². The molecule has 1 aliphatic carbocycles. The Bertz CT molecular complexity index is 329. The van der Waals surface area contributed by atoms with Crippen LogP contribution in [0.5, 0.6) is 0 Å². The molecule has 0 spiro atoms. The van der Waals surface area contributed by atoms with Crippen molar-refractivity contribution in [2.24, 2.45) is 17.8 Å². The second kappa shape index (κ2) is 7.17. The Hall–Kier alpha value is -0.710. The highest BCUT2D eigenvalue weighted by molar-refractivity contribution is 7.99. The van der Waals surface area contributed by atoms with Crippen LogP contribution in [0.3, 0.4) is 0 Å². The van der Waals surface area contributed by atoms with Gasteiger partial charge in [0.15, 0.2) is 0 Å². The lowest BCUT2D eigenvalue weighted by molar-refractivity contribution is -0.148. The standard InChI is InChI=1S/C14H23NO3S/c16-13(15-9-10-5-7-19-8-6-10)11-3-1-2-4-12(11)14(17)18/h10-12H,1-9H2,(H,15,16)(H,17,18). The summed E-state index contributed by atoms with van der Waals surface area (Å²) < 4.78 is 0. The topological polar surface area (TPSA) is 66.4 Å². The molecule has 0 radical (unpaired) electrons. The van der Waals surface area contributed by atoms with Crippen molar-refractivity contribution < 1.29 is 14.7 Å². The predicted octanol–water partition coefficient (Wildman–Crippen LogP) is 2.14. The van der Waals surface area contributed by atoms with Gasteiger partial charge in [0, 0.05) is 6.54 Å². The first-order valence-electron chi connectivity index (χ1n) is 7.26. The zero-order chi connectivity index (χ0) is 13.7. The summed E-state index contributed by atoms with van der Waals surface area (Å²) >= 11 is 1.97. The van der Waals surface area contributed by atoms with E-state index in [-0.39, 0.29) is 11.8 Å². The lowest BCUT2D eigenvalue weighted by Crippen LogP contribution is -2.41. The summed E-state index contributed by atoms with van der Waals surface area (Å²) in [6, 6.07) is 0. The van der Waals surface area contributed by atoms with Gasteiger partial charge in [-0.3, -0.25) is 9.59 Å². The highest BCUT2D eigenvalue weighted by Gasteiger charge is 2.35. The maximum atomic E-state index is 12.2. The number of amides is 1. The Kier molecular flexibility index (Phi) is 5.55. The van der Waals surface area contributed by atoms with Crippen molar-refractivity contribution in [1.29, 1.82) is 0 Å². The Morgan fingerprint density at radius 3 is 2.32 bits per heavy atom. The van der Waals surface area contributed by atoms with Crippen LogP contribution in [-0.4, -0.2) is 35.0 Å². The first kappa shape index (κ1) is 14.7. The summed E-state index contributed by atoms with van der Waals surface area (Å²) in [4.78, 5) is 23.4. The fourth-order valence-electron chi connectivity index (χ4n) is 3.07. The largest absolute Gasteiger partial charge is 0.481 e. The van der Waals surface area contributed by atoms with Crippen LogP contribution in [0.25, 0.3) is 0 Å². The summed E-state index contributed by atoms with van der Waals surface area (Å²) in [7, 11) is 0. The quantitative estimate of drug-likeness (QED) is 0.830. The Balaban J connectivity index is 1.81. The highest BCUT2D eigenvalue weighted by atomic mass is 32.2. The molecule has 108 valence electrons. The van der Waals surface area contributed by atoms with Gasteiger partial charge in [-0.1, -0.05) is 12.8 Å². The molecule has 0 bridgehead atoms. The molecule has 2 fully saturated rings. The van der Waals surface area contributed by atoms with Crippen molar-refractivity contribution in [2.45, 2.75) is 38.5 Å². The second-order valence-corrected chi connectivity index (χ2v) is 6.86. The van der Waals surface area contributed by atoms with Gasteiger partial charge in [-0.15, -0.1) is 0 Å². The predicted molar refractivity (Wildman–Crippen MR) is 76.1 cm³/mol. The summed E-state index contributed by atoms with van der Waals surface area (Å²) in [5, 5.41) is 12.2. The molecule has 2 rings (SSSR count). The normalized spacial score (nSPS) is 28.8. The third-order valence-electron chi connectivity index (χ3n) is 4.33. The molecular weight excluding hydrogens is 262 g/mol. The first-order chi connectivity index (χ1) is 9.18. The number of carboxylic acids is 1. The molecule has 4 nitrogen and oxygen atoms in total. The van der Waals surface area contributed by atoms with Crippen LogP contribution in [0, 0.1) is 17.8 Å². The molecule has 0 aromatic rings. The summed E-state index contributed by atoms with van der Waals surface area (Å²) in [6.45, 7) is 0.724. The minimum absolute atomic E-state index is 0.0367. The maximum Gasteiger partial charge on any atom is 0.307 e. The minimum Gasteiger partial charge on any atom is -0.481 e. The number of thioether (sulfide) groups is 1. The molecule has 5 heteroatoms. The number of carboxylic acid groups (broad SMARTS) is 1. The monoisotopic (exact) mass is 285 g/mol. The number of rotatable bonds is 4. The van der Waals surface area contributed by atoms with E-state index >= 15 is 0 Å². The van der Waals surface area contributed by atoms with Crippen LogP contribution in [0.2, 0.25) is 0 Å². The van der Waals surface area contributed by atoms with Gasteiger partial charge in [-0.05, 0) is 43.1 Å². The third kappa shape index (κ3) is 4.13. The highest BCUT2D eigenvalue weighted by Crippen LogP contribution is 2.30. The van der Waals surface area contributed by atoms with Crippen molar-refractivity contribution in [2.75, 3.05) is 18.1 Å². The Morgan fingerprint density at radius 2 is 1.68 bits per heavy atom. The van der Waals surface area contributed by atoms with Gasteiger partial charge < -0.3 is 10.4 Å². The smallest absolute Gasteiger partial charge is 0.307 e. The van der Waals surface area contributed by atoms with Crippen molar-refractivity contribution in [1.82, 2.24) is 5.32 Å². The number of hydrogen-bond donors (Lipinski definition) is 2.